The van der Waals surface area contributed by atoms with Crippen molar-refractivity contribution in [2.45, 2.75) is 25.4 Å². The maximum Gasteiger partial charge on any atom is 0.139 e. The van der Waals surface area contributed by atoms with Gasteiger partial charge in [0.2, 0.25) is 0 Å². The van der Waals surface area contributed by atoms with Gasteiger partial charge in [0, 0.05) is 54.2 Å². The highest BCUT2D eigenvalue weighted by Gasteiger charge is 2.22. The van der Waals surface area contributed by atoms with Crippen LogP contribution < -0.4 is 5.32 Å². The number of aromatic amines is 2. The summed E-state index contributed by atoms with van der Waals surface area (Å²) in [4.78, 5) is 10.3. The molecule has 142 valence electrons. The summed E-state index contributed by atoms with van der Waals surface area (Å²) in [7, 11) is 0. The van der Waals surface area contributed by atoms with Gasteiger partial charge in [-0.05, 0) is 31.0 Å². The molecule has 1 aliphatic rings. The van der Waals surface area contributed by atoms with Gasteiger partial charge in [0.15, 0.2) is 0 Å². The van der Waals surface area contributed by atoms with E-state index in [1.807, 2.05) is 24.8 Å². The average Bonchev–Trinajstić information content (AvgIpc) is 3.41. The molecule has 4 aromatic rings. The fourth-order valence-corrected chi connectivity index (χ4v) is 4.14. The highest BCUT2D eigenvalue weighted by Crippen LogP contribution is 2.34. The molecular weight excluding hydrogens is 348 g/mol. The minimum Gasteiger partial charge on any atom is -0.380 e. The summed E-state index contributed by atoms with van der Waals surface area (Å²) in [6, 6.07) is 13.2. The molecule has 0 aliphatic carbocycles. The van der Waals surface area contributed by atoms with Crippen molar-refractivity contribution in [2.24, 2.45) is 0 Å². The number of anilines is 1. The van der Waals surface area contributed by atoms with Crippen LogP contribution in [0.4, 0.5) is 5.69 Å². The molecule has 0 spiro atoms. The first-order chi connectivity index (χ1) is 13.9. The van der Waals surface area contributed by atoms with Gasteiger partial charge < -0.3 is 10.3 Å². The number of H-pyrrole nitrogens is 2. The molecule has 4 heterocycles. The number of hydrogen-bond acceptors (Lipinski definition) is 4. The number of hydrogen-bond donors (Lipinski definition) is 3. The summed E-state index contributed by atoms with van der Waals surface area (Å²) in [6.45, 7) is 3.19. The predicted molar refractivity (Wildman–Crippen MR) is 112 cm³/mol. The lowest BCUT2D eigenvalue weighted by Crippen LogP contribution is -2.41. The summed E-state index contributed by atoms with van der Waals surface area (Å²) in [6.07, 6.45) is 10.0. The molecule has 6 nitrogen and oxygen atoms in total. The average molecular weight is 372 g/mol. The summed E-state index contributed by atoms with van der Waals surface area (Å²) >= 11 is 0. The van der Waals surface area contributed by atoms with Gasteiger partial charge in [-0.15, -0.1) is 0 Å². The molecule has 6 heteroatoms. The van der Waals surface area contributed by atoms with Crippen molar-refractivity contribution in [3.63, 3.8) is 0 Å². The molecule has 0 amide bonds. The van der Waals surface area contributed by atoms with Gasteiger partial charge in [-0.3, -0.25) is 10.00 Å². The normalized spacial score (nSPS) is 17.8. The molecule has 0 bridgehead atoms. The van der Waals surface area contributed by atoms with Gasteiger partial charge in [0.1, 0.15) is 5.65 Å². The Balaban J connectivity index is 1.40. The molecule has 1 aliphatic heterocycles. The van der Waals surface area contributed by atoms with E-state index in [9.17, 15) is 0 Å². The summed E-state index contributed by atoms with van der Waals surface area (Å²) in [5.74, 6) is 0. The first kappa shape index (κ1) is 17.0. The minimum absolute atomic E-state index is 0.406. The predicted octanol–water partition coefficient (Wildman–Crippen LogP) is 4.03. The van der Waals surface area contributed by atoms with Crippen LogP contribution in [-0.4, -0.2) is 44.2 Å². The number of benzene rings is 1. The van der Waals surface area contributed by atoms with Gasteiger partial charge in [0.25, 0.3) is 0 Å². The minimum atomic E-state index is 0.406. The molecule has 5 rings (SSSR count). The van der Waals surface area contributed by atoms with Crippen LogP contribution in [0.2, 0.25) is 0 Å². The van der Waals surface area contributed by atoms with Crippen LogP contribution in [0.5, 0.6) is 0 Å². The van der Waals surface area contributed by atoms with Crippen molar-refractivity contribution >= 4 is 16.7 Å². The van der Waals surface area contributed by atoms with Gasteiger partial charge in [-0.1, -0.05) is 30.3 Å². The van der Waals surface area contributed by atoms with Crippen LogP contribution in [0.3, 0.4) is 0 Å². The molecule has 1 fully saturated rings. The molecule has 0 radical (unpaired) electrons. The highest BCUT2D eigenvalue weighted by atomic mass is 15.2. The van der Waals surface area contributed by atoms with Gasteiger partial charge in [-0.25, -0.2) is 4.98 Å². The number of likely N-dealkylation sites (tertiary alicyclic amines) is 1. The van der Waals surface area contributed by atoms with Crippen molar-refractivity contribution in [1.82, 2.24) is 25.1 Å². The second-order valence-electron chi connectivity index (χ2n) is 7.48. The van der Waals surface area contributed by atoms with Crippen molar-refractivity contribution in [1.29, 1.82) is 0 Å². The van der Waals surface area contributed by atoms with Crippen molar-refractivity contribution in [3.8, 4) is 11.1 Å². The Labute approximate surface area is 164 Å². The quantitative estimate of drug-likeness (QED) is 0.495. The number of piperidine rings is 1. The molecule has 3 aromatic heterocycles. The van der Waals surface area contributed by atoms with Crippen LogP contribution >= 0.6 is 0 Å². The molecule has 0 unspecified atom stereocenters. The number of rotatable bonds is 5. The zero-order valence-electron chi connectivity index (χ0n) is 15.7. The van der Waals surface area contributed by atoms with E-state index >= 15 is 0 Å². The van der Waals surface area contributed by atoms with E-state index in [0.717, 1.165) is 47.5 Å². The third-order valence-electron chi connectivity index (χ3n) is 5.50. The van der Waals surface area contributed by atoms with Crippen LogP contribution in [0.1, 0.15) is 18.4 Å². The standard InChI is InChI=1S/C22H24N6/c1-2-5-16(6-3-1)14-28-10-4-7-18(15-28)27-21-19-8-9-23-22(19)24-13-20(21)17-11-25-26-12-17/h1-3,5-6,8-9,11-13,18H,4,7,10,14-15H2,(H,25,26)(H2,23,24,27)/t18-/m1/s1. The van der Waals surface area contributed by atoms with E-state index < -0.39 is 0 Å². The number of aromatic nitrogens is 4. The Kier molecular flexibility index (Phi) is 4.54. The lowest BCUT2D eigenvalue weighted by atomic mass is 10.0. The number of nitrogens with one attached hydrogen (secondary N) is 3. The second kappa shape index (κ2) is 7.48. The Morgan fingerprint density at radius 1 is 1.14 bits per heavy atom. The summed E-state index contributed by atoms with van der Waals surface area (Å²) in [5, 5.41) is 12.0. The molecule has 3 N–H and O–H groups in total. The molecule has 1 saturated heterocycles. The van der Waals surface area contributed by atoms with Gasteiger partial charge in [0.05, 0.1) is 11.9 Å². The second-order valence-corrected chi connectivity index (χ2v) is 7.48. The Bertz CT molecular complexity index is 1040. The largest absolute Gasteiger partial charge is 0.380 e. The lowest BCUT2D eigenvalue weighted by Gasteiger charge is -2.34. The van der Waals surface area contributed by atoms with Crippen molar-refractivity contribution < 1.29 is 0 Å². The zero-order chi connectivity index (χ0) is 18.8. The smallest absolute Gasteiger partial charge is 0.139 e. The van der Waals surface area contributed by atoms with Gasteiger partial charge >= 0.3 is 0 Å². The molecule has 1 atom stereocenters. The lowest BCUT2D eigenvalue weighted by molar-refractivity contribution is 0.208. The number of nitrogens with zero attached hydrogens (tertiary/aromatic N) is 3. The SMILES string of the molecule is c1ccc(CN2CCC[C@@H](Nc3c(-c4cn[nH]c4)cnc4[nH]ccc34)C2)cc1. The molecule has 1 aromatic carbocycles. The Hall–Kier alpha value is -3.12. The van der Waals surface area contributed by atoms with Crippen LogP contribution in [-0.2, 0) is 6.54 Å². The molecule has 28 heavy (non-hydrogen) atoms. The Morgan fingerprint density at radius 2 is 2.07 bits per heavy atom. The first-order valence-electron chi connectivity index (χ1n) is 9.85. The van der Waals surface area contributed by atoms with E-state index in [4.69, 9.17) is 0 Å². The summed E-state index contributed by atoms with van der Waals surface area (Å²) in [5.41, 5.74) is 5.56. The van der Waals surface area contributed by atoms with E-state index in [1.54, 1.807) is 0 Å². The Morgan fingerprint density at radius 3 is 2.93 bits per heavy atom. The fraction of sp³-hybridized carbons (Fsp3) is 0.273. The van der Waals surface area contributed by atoms with Crippen molar-refractivity contribution in [2.75, 3.05) is 18.4 Å². The van der Waals surface area contributed by atoms with E-state index in [0.29, 0.717) is 6.04 Å². The summed E-state index contributed by atoms with van der Waals surface area (Å²) < 4.78 is 0. The van der Waals surface area contributed by atoms with Crippen molar-refractivity contribution in [3.05, 3.63) is 66.7 Å². The molecule has 0 saturated carbocycles. The molecular formula is C22H24N6. The number of fused-ring (bicyclic) bond motifs is 1. The fourth-order valence-electron chi connectivity index (χ4n) is 4.14. The zero-order valence-corrected chi connectivity index (χ0v) is 15.7. The maximum atomic E-state index is 4.57. The third-order valence-corrected chi connectivity index (χ3v) is 5.50. The maximum absolute atomic E-state index is 4.57. The first-order valence-corrected chi connectivity index (χ1v) is 9.85. The van der Waals surface area contributed by atoms with Gasteiger partial charge in [-0.2, -0.15) is 5.10 Å². The third kappa shape index (κ3) is 3.39. The van der Waals surface area contributed by atoms with Crippen LogP contribution in [0.25, 0.3) is 22.2 Å². The highest BCUT2D eigenvalue weighted by molar-refractivity contribution is 5.98. The van der Waals surface area contributed by atoms with Crippen LogP contribution in [0, 0.1) is 0 Å². The monoisotopic (exact) mass is 372 g/mol. The topological polar surface area (TPSA) is 72.6 Å². The van der Waals surface area contributed by atoms with E-state index in [-0.39, 0.29) is 0 Å². The number of pyridine rings is 1. The van der Waals surface area contributed by atoms with E-state index in [2.05, 4.69) is 66.8 Å². The van der Waals surface area contributed by atoms with Crippen LogP contribution in [0.15, 0.2) is 61.2 Å². The van der Waals surface area contributed by atoms with E-state index in [1.165, 1.54) is 18.4 Å².